The molecule has 30 heavy (non-hydrogen) atoms. The molecule has 1 heterocycles. The van der Waals surface area contributed by atoms with Crippen LogP contribution in [0, 0.1) is 20.8 Å². The molecule has 0 fully saturated rings. The number of ether oxygens (including phenoxy) is 1. The second kappa shape index (κ2) is 9.39. The van der Waals surface area contributed by atoms with Crippen molar-refractivity contribution in [3.8, 4) is 5.75 Å². The van der Waals surface area contributed by atoms with Crippen LogP contribution in [0.3, 0.4) is 0 Å². The molecule has 0 saturated heterocycles. The van der Waals surface area contributed by atoms with Crippen LogP contribution in [-0.2, 0) is 0 Å². The van der Waals surface area contributed by atoms with Crippen LogP contribution in [-0.4, -0.2) is 22.5 Å². The summed E-state index contributed by atoms with van der Waals surface area (Å²) < 4.78 is 5.73. The zero-order chi connectivity index (χ0) is 21.7. The lowest BCUT2D eigenvalue weighted by atomic mass is 10.0. The molecule has 3 aromatic rings. The summed E-state index contributed by atoms with van der Waals surface area (Å²) in [5, 5.41) is 6.25. The Balaban J connectivity index is 1.76. The first-order valence-corrected chi connectivity index (χ1v) is 10.1. The van der Waals surface area contributed by atoms with Crippen molar-refractivity contribution in [2.45, 2.75) is 40.7 Å². The average molecular weight is 405 g/mol. The zero-order valence-corrected chi connectivity index (χ0v) is 18.1. The minimum Gasteiger partial charge on any atom is -0.494 e. The van der Waals surface area contributed by atoms with Crippen molar-refractivity contribution in [2.75, 3.05) is 11.9 Å². The molecule has 1 amide bonds. The molecule has 0 aliphatic carbocycles. The van der Waals surface area contributed by atoms with Gasteiger partial charge in [-0.3, -0.25) is 4.79 Å². The normalized spacial score (nSPS) is 11.6. The molecule has 0 radical (unpaired) electrons. The second-order valence-electron chi connectivity index (χ2n) is 7.35. The number of benzene rings is 2. The number of rotatable bonds is 7. The average Bonchev–Trinajstić information content (AvgIpc) is 2.69. The number of anilines is 2. The summed E-state index contributed by atoms with van der Waals surface area (Å²) in [4.78, 5) is 21.7. The van der Waals surface area contributed by atoms with Gasteiger partial charge >= 0.3 is 0 Å². The molecule has 1 unspecified atom stereocenters. The molecule has 0 saturated carbocycles. The Labute approximate surface area is 177 Å². The highest BCUT2D eigenvalue weighted by atomic mass is 16.5. The predicted molar refractivity (Wildman–Crippen MR) is 119 cm³/mol. The Morgan fingerprint density at radius 3 is 2.47 bits per heavy atom. The number of carbonyl (C=O) groups excluding carboxylic acids is 1. The zero-order valence-electron chi connectivity index (χ0n) is 18.1. The Morgan fingerprint density at radius 2 is 1.77 bits per heavy atom. The quantitative estimate of drug-likeness (QED) is 0.577. The van der Waals surface area contributed by atoms with E-state index in [1.54, 1.807) is 12.1 Å². The van der Waals surface area contributed by atoms with E-state index in [0.717, 1.165) is 34.0 Å². The third kappa shape index (κ3) is 5.35. The van der Waals surface area contributed by atoms with Crippen molar-refractivity contribution in [3.05, 3.63) is 76.6 Å². The highest BCUT2D eigenvalue weighted by Gasteiger charge is 2.16. The van der Waals surface area contributed by atoms with Gasteiger partial charge in [0.15, 0.2) is 0 Å². The van der Waals surface area contributed by atoms with E-state index in [1.807, 2.05) is 71.0 Å². The fourth-order valence-electron chi connectivity index (χ4n) is 3.30. The molecule has 1 aromatic heterocycles. The Morgan fingerprint density at radius 1 is 1.03 bits per heavy atom. The maximum absolute atomic E-state index is 12.9. The van der Waals surface area contributed by atoms with Crippen LogP contribution in [0.4, 0.5) is 11.6 Å². The molecule has 1 atom stereocenters. The van der Waals surface area contributed by atoms with Crippen molar-refractivity contribution < 1.29 is 9.53 Å². The van der Waals surface area contributed by atoms with E-state index in [-0.39, 0.29) is 11.9 Å². The van der Waals surface area contributed by atoms with Crippen molar-refractivity contribution >= 4 is 17.5 Å². The molecular weight excluding hydrogens is 376 g/mol. The smallest absolute Gasteiger partial charge is 0.251 e. The van der Waals surface area contributed by atoms with Gasteiger partial charge in [-0.25, -0.2) is 9.97 Å². The first kappa shape index (κ1) is 21.3. The number of hydrogen-bond donors (Lipinski definition) is 2. The summed E-state index contributed by atoms with van der Waals surface area (Å²) in [6.07, 6.45) is 0. The first-order chi connectivity index (χ1) is 14.4. The Hall–Kier alpha value is -3.41. The van der Waals surface area contributed by atoms with Gasteiger partial charge in [0.05, 0.1) is 12.6 Å². The maximum Gasteiger partial charge on any atom is 0.251 e. The summed E-state index contributed by atoms with van der Waals surface area (Å²) in [6, 6.07) is 15.0. The van der Waals surface area contributed by atoms with Gasteiger partial charge in [0.2, 0.25) is 5.95 Å². The lowest BCUT2D eigenvalue weighted by Crippen LogP contribution is -2.27. The number of nitrogens with zero attached hydrogens (tertiary/aromatic N) is 2. The third-order valence-electron chi connectivity index (χ3n) is 4.64. The van der Waals surface area contributed by atoms with Crippen LogP contribution < -0.4 is 15.4 Å². The third-order valence-corrected chi connectivity index (χ3v) is 4.64. The Bertz CT molecular complexity index is 1030. The highest BCUT2D eigenvalue weighted by Crippen LogP contribution is 2.27. The van der Waals surface area contributed by atoms with Crippen molar-refractivity contribution in [1.82, 2.24) is 15.3 Å². The number of hydrogen-bond acceptors (Lipinski definition) is 5. The van der Waals surface area contributed by atoms with Gasteiger partial charge < -0.3 is 15.4 Å². The molecule has 0 spiro atoms. The van der Waals surface area contributed by atoms with E-state index in [1.165, 1.54) is 0 Å². The minimum absolute atomic E-state index is 0.156. The van der Waals surface area contributed by atoms with E-state index in [2.05, 4.69) is 20.6 Å². The van der Waals surface area contributed by atoms with Gasteiger partial charge in [0.25, 0.3) is 5.91 Å². The summed E-state index contributed by atoms with van der Waals surface area (Å²) in [5.41, 5.74) is 5.16. The van der Waals surface area contributed by atoms with E-state index < -0.39 is 0 Å². The van der Waals surface area contributed by atoms with Crippen LogP contribution in [0.1, 0.15) is 52.8 Å². The second-order valence-corrected chi connectivity index (χ2v) is 7.35. The fraction of sp³-hybridized carbons (Fsp3) is 0.292. The molecule has 0 aliphatic heterocycles. The van der Waals surface area contributed by atoms with Crippen LogP contribution in [0.25, 0.3) is 0 Å². The lowest BCUT2D eigenvalue weighted by Gasteiger charge is -2.19. The van der Waals surface area contributed by atoms with Crippen molar-refractivity contribution in [1.29, 1.82) is 0 Å². The number of aryl methyl sites for hydroxylation is 3. The van der Waals surface area contributed by atoms with Crippen LogP contribution >= 0.6 is 0 Å². The molecule has 0 bridgehead atoms. The summed E-state index contributed by atoms with van der Waals surface area (Å²) in [6.45, 7) is 10.4. The summed E-state index contributed by atoms with van der Waals surface area (Å²) in [5.74, 6) is 1.15. The van der Waals surface area contributed by atoms with Crippen molar-refractivity contribution in [3.63, 3.8) is 0 Å². The molecule has 2 N–H and O–H groups in total. The molecule has 6 heteroatoms. The van der Waals surface area contributed by atoms with E-state index in [0.29, 0.717) is 18.1 Å². The molecule has 6 nitrogen and oxygen atoms in total. The topological polar surface area (TPSA) is 76.1 Å². The Kier molecular flexibility index (Phi) is 6.67. The SMILES string of the molecule is CCOc1ccc(C)cc1C(C)NC(=O)c1cccc(Nc2nc(C)cc(C)n2)c1. The van der Waals surface area contributed by atoms with E-state index >= 15 is 0 Å². The largest absolute Gasteiger partial charge is 0.494 e. The highest BCUT2D eigenvalue weighted by molar-refractivity contribution is 5.95. The number of aromatic nitrogens is 2. The lowest BCUT2D eigenvalue weighted by molar-refractivity contribution is 0.0939. The van der Waals surface area contributed by atoms with Gasteiger partial charge in [-0.15, -0.1) is 0 Å². The summed E-state index contributed by atoms with van der Waals surface area (Å²) >= 11 is 0. The number of amides is 1. The number of nitrogens with one attached hydrogen (secondary N) is 2. The van der Waals surface area contributed by atoms with Gasteiger partial charge in [-0.1, -0.05) is 23.8 Å². The first-order valence-electron chi connectivity index (χ1n) is 10.1. The van der Waals surface area contributed by atoms with Crippen LogP contribution in [0.5, 0.6) is 5.75 Å². The van der Waals surface area contributed by atoms with Gasteiger partial charge in [0.1, 0.15) is 5.75 Å². The van der Waals surface area contributed by atoms with Crippen LogP contribution in [0.2, 0.25) is 0 Å². The fourth-order valence-corrected chi connectivity index (χ4v) is 3.30. The summed E-state index contributed by atoms with van der Waals surface area (Å²) in [7, 11) is 0. The maximum atomic E-state index is 12.9. The molecule has 156 valence electrons. The monoisotopic (exact) mass is 404 g/mol. The molecular formula is C24H28N4O2. The van der Waals surface area contributed by atoms with Crippen molar-refractivity contribution in [2.24, 2.45) is 0 Å². The molecule has 3 rings (SSSR count). The number of carbonyl (C=O) groups is 1. The van der Waals surface area contributed by atoms with Gasteiger partial charge in [0, 0.05) is 28.2 Å². The van der Waals surface area contributed by atoms with Gasteiger partial charge in [-0.05, 0) is 65.0 Å². The minimum atomic E-state index is -0.196. The molecule has 2 aromatic carbocycles. The van der Waals surface area contributed by atoms with E-state index in [9.17, 15) is 4.79 Å². The van der Waals surface area contributed by atoms with Crippen LogP contribution in [0.15, 0.2) is 48.5 Å². The molecule has 0 aliphatic rings. The standard InChI is InChI=1S/C24H28N4O2/c1-6-30-22-11-10-15(2)12-21(22)18(5)27-23(29)19-8-7-9-20(14-19)28-24-25-16(3)13-17(4)26-24/h7-14,18H,6H2,1-5H3,(H,27,29)(H,25,26,28). The van der Waals surface area contributed by atoms with Gasteiger partial charge in [-0.2, -0.15) is 0 Å². The predicted octanol–water partition coefficient (Wildman–Crippen LogP) is 5.04. The van der Waals surface area contributed by atoms with E-state index in [4.69, 9.17) is 4.74 Å².